The lowest BCUT2D eigenvalue weighted by atomic mass is 10.00. The van der Waals surface area contributed by atoms with E-state index in [9.17, 15) is 5.26 Å². The number of hydrogen-bond donors (Lipinski definition) is 0. The first-order chi connectivity index (χ1) is 24.7. The molecule has 50 heavy (non-hydrogen) atoms. The molecule has 6 nitrogen and oxygen atoms in total. The van der Waals surface area contributed by atoms with Gasteiger partial charge in [-0.05, 0) is 41.5 Å². The Bertz CT molecular complexity index is 2430. The lowest BCUT2D eigenvalue weighted by Gasteiger charge is -2.11. The van der Waals surface area contributed by atoms with Crippen LogP contribution in [0.25, 0.3) is 79.2 Å². The minimum atomic E-state index is 0.579. The fourth-order valence-electron chi connectivity index (χ4n) is 5.84. The molecule has 0 radical (unpaired) electrons. The van der Waals surface area contributed by atoms with E-state index in [4.69, 9.17) is 24.9 Å². The van der Waals surface area contributed by atoms with Gasteiger partial charge in [-0.2, -0.15) is 5.26 Å². The van der Waals surface area contributed by atoms with Crippen molar-refractivity contribution in [3.63, 3.8) is 0 Å². The molecule has 0 spiro atoms. The summed E-state index contributed by atoms with van der Waals surface area (Å²) in [5.74, 6) is 2.43. The highest BCUT2D eigenvalue weighted by molar-refractivity contribution is 5.77. The van der Waals surface area contributed by atoms with Gasteiger partial charge in [0.25, 0.3) is 0 Å². The van der Waals surface area contributed by atoms with E-state index in [1.165, 1.54) is 0 Å². The lowest BCUT2D eigenvalue weighted by Crippen LogP contribution is -2.00. The van der Waals surface area contributed by atoms with Gasteiger partial charge in [0, 0.05) is 33.4 Å². The van der Waals surface area contributed by atoms with Crippen molar-refractivity contribution in [1.82, 2.24) is 24.9 Å². The van der Waals surface area contributed by atoms with Crippen LogP contribution in [0.1, 0.15) is 5.56 Å². The highest BCUT2D eigenvalue weighted by Gasteiger charge is 2.15. The molecule has 0 atom stereocenters. The van der Waals surface area contributed by atoms with Crippen LogP contribution in [-0.4, -0.2) is 24.9 Å². The van der Waals surface area contributed by atoms with Crippen LogP contribution in [0.15, 0.2) is 170 Å². The first kappa shape index (κ1) is 30.2. The average molecular weight is 641 g/mol. The van der Waals surface area contributed by atoms with Gasteiger partial charge in [0.05, 0.1) is 23.0 Å². The van der Waals surface area contributed by atoms with Crippen LogP contribution < -0.4 is 0 Å². The molecule has 2 heterocycles. The number of nitriles is 1. The summed E-state index contributed by atoms with van der Waals surface area (Å²) in [5.41, 5.74) is 9.59. The molecule has 6 heteroatoms. The molecule has 0 aliphatic carbocycles. The zero-order valence-corrected chi connectivity index (χ0v) is 26.8. The van der Waals surface area contributed by atoms with Crippen LogP contribution in [0.2, 0.25) is 0 Å². The summed E-state index contributed by atoms with van der Waals surface area (Å²) in [6.07, 6.45) is 0. The fraction of sp³-hybridized carbons (Fsp3) is 0. The largest absolute Gasteiger partial charge is 0.228 e. The molecule has 0 bridgehead atoms. The molecule has 0 N–H and O–H groups in total. The van der Waals surface area contributed by atoms with Crippen LogP contribution in [0.4, 0.5) is 0 Å². The summed E-state index contributed by atoms with van der Waals surface area (Å²) in [6, 6.07) is 58.2. The molecule has 2 aromatic heterocycles. The van der Waals surface area contributed by atoms with E-state index in [0.717, 1.165) is 55.9 Å². The van der Waals surface area contributed by atoms with Crippen molar-refractivity contribution in [2.24, 2.45) is 0 Å². The van der Waals surface area contributed by atoms with Crippen molar-refractivity contribution in [2.75, 3.05) is 0 Å². The SMILES string of the molecule is N#Cc1cccc(-c2cc(-c3ccccc3)nc(-c3cccc(-c4cccc(-c5nc(-c6ccccc6)nc(-c6ccccc6)n5)c4)c3)n2)c1. The molecule has 8 rings (SSSR count). The molecule has 0 aliphatic rings. The Labute approximate surface area is 290 Å². The Balaban J connectivity index is 1.21. The second-order valence-electron chi connectivity index (χ2n) is 11.7. The molecule has 6 aromatic carbocycles. The Morgan fingerprint density at radius 2 is 0.680 bits per heavy atom. The highest BCUT2D eigenvalue weighted by Crippen LogP contribution is 2.32. The maximum atomic E-state index is 9.54. The van der Waals surface area contributed by atoms with Crippen LogP contribution in [0.3, 0.4) is 0 Å². The maximum absolute atomic E-state index is 9.54. The quantitative estimate of drug-likeness (QED) is 0.172. The van der Waals surface area contributed by atoms with Gasteiger partial charge in [0.2, 0.25) is 0 Å². The summed E-state index contributed by atoms with van der Waals surface area (Å²) in [4.78, 5) is 24.7. The first-order valence-corrected chi connectivity index (χ1v) is 16.2. The molecule has 234 valence electrons. The maximum Gasteiger partial charge on any atom is 0.164 e. The van der Waals surface area contributed by atoms with Crippen LogP contribution in [-0.2, 0) is 0 Å². The van der Waals surface area contributed by atoms with Gasteiger partial charge in [0.1, 0.15) is 0 Å². The predicted octanol–water partition coefficient (Wildman–Crippen LogP) is 10.2. The van der Waals surface area contributed by atoms with Crippen molar-refractivity contribution in [2.45, 2.75) is 0 Å². The Morgan fingerprint density at radius 3 is 1.20 bits per heavy atom. The zero-order chi connectivity index (χ0) is 33.7. The van der Waals surface area contributed by atoms with Crippen LogP contribution in [0, 0.1) is 11.3 Å². The lowest BCUT2D eigenvalue weighted by molar-refractivity contribution is 1.07. The number of nitrogens with zero attached hydrogens (tertiary/aromatic N) is 6. The molecule has 0 saturated carbocycles. The Kier molecular flexibility index (Phi) is 8.20. The van der Waals surface area contributed by atoms with Crippen molar-refractivity contribution in [3.8, 4) is 85.3 Å². The molecule has 0 fully saturated rings. The number of benzene rings is 6. The molecule has 0 unspecified atom stereocenters. The van der Waals surface area contributed by atoms with Crippen LogP contribution >= 0.6 is 0 Å². The van der Waals surface area contributed by atoms with E-state index in [1.807, 2.05) is 140 Å². The number of rotatable bonds is 7. The van der Waals surface area contributed by atoms with E-state index in [0.29, 0.717) is 28.9 Å². The van der Waals surface area contributed by atoms with Crippen molar-refractivity contribution >= 4 is 0 Å². The van der Waals surface area contributed by atoms with E-state index in [1.54, 1.807) is 6.07 Å². The minimum Gasteiger partial charge on any atom is -0.228 e. The predicted molar refractivity (Wildman–Crippen MR) is 198 cm³/mol. The van der Waals surface area contributed by atoms with E-state index in [-0.39, 0.29) is 0 Å². The third-order valence-electron chi connectivity index (χ3n) is 8.36. The standard InChI is InChI=1S/C44H28N6/c45-29-30-13-10-22-36(25-30)40-28-39(31-14-4-1-5-15-31)46-43(47-40)37-23-11-20-34(26-37)35-21-12-24-38(27-35)44-49-41(32-16-6-2-7-17-32)48-42(50-44)33-18-8-3-9-19-33/h1-28H. The molecular weight excluding hydrogens is 613 g/mol. The molecule has 8 aromatic rings. The molecule has 0 aliphatic heterocycles. The van der Waals surface area contributed by atoms with Crippen LogP contribution in [0.5, 0.6) is 0 Å². The van der Waals surface area contributed by atoms with Gasteiger partial charge in [-0.3, -0.25) is 0 Å². The van der Waals surface area contributed by atoms with E-state index >= 15 is 0 Å². The van der Waals surface area contributed by atoms with E-state index in [2.05, 4.69) is 30.3 Å². The van der Waals surface area contributed by atoms with Gasteiger partial charge in [0.15, 0.2) is 23.3 Å². The van der Waals surface area contributed by atoms with Crippen molar-refractivity contribution < 1.29 is 0 Å². The van der Waals surface area contributed by atoms with Gasteiger partial charge < -0.3 is 0 Å². The normalized spacial score (nSPS) is 10.8. The van der Waals surface area contributed by atoms with Gasteiger partial charge in [-0.1, -0.05) is 140 Å². The van der Waals surface area contributed by atoms with Crippen molar-refractivity contribution in [1.29, 1.82) is 5.26 Å². The monoisotopic (exact) mass is 640 g/mol. The molecule has 0 amide bonds. The second kappa shape index (κ2) is 13.6. The fourth-order valence-corrected chi connectivity index (χ4v) is 5.84. The average Bonchev–Trinajstić information content (AvgIpc) is 3.21. The smallest absolute Gasteiger partial charge is 0.164 e. The first-order valence-electron chi connectivity index (χ1n) is 16.2. The van der Waals surface area contributed by atoms with Gasteiger partial charge in [-0.15, -0.1) is 0 Å². The Morgan fingerprint density at radius 1 is 0.300 bits per heavy atom. The summed E-state index contributed by atoms with van der Waals surface area (Å²) in [7, 11) is 0. The third-order valence-corrected chi connectivity index (χ3v) is 8.36. The van der Waals surface area contributed by atoms with Gasteiger partial charge >= 0.3 is 0 Å². The second-order valence-corrected chi connectivity index (χ2v) is 11.7. The summed E-state index contributed by atoms with van der Waals surface area (Å²) >= 11 is 0. The summed E-state index contributed by atoms with van der Waals surface area (Å²) in [6.45, 7) is 0. The molecule has 0 saturated heterocycles. The minimum absolute atomic E-state index is 0.579. The number of aromatic nitrogens is 5. The van der Waals surface area contributed by atoms with E-state index < -0.39 is 0 Å². The Hall–Kier alpha value is -7.10. The zero-order valence-electron chi connectivity index (χ0n) is 26.8. The number of hydrogen-bond acceptors (Lipinski definition) is 6. The summed E-state index contributed by atoms with van der Waals surface area (Å²) < 4.78 is 0. The molecular formula is C44H28N6. The van der Waals surface area contributed by atoms with Crippen molar-refractivity contribution in [3.05, 3.63) is 175 Å². The highest BCUT2D eigenvalue weighted by atomic mass is 15.0. The third kappa shape index (κ3) is 6.40. The topological polar surface area (TPSA) is 88.2 Å². The summed E-state index contributed by atoms with van der Waals surface area (Å²) in [5, 5.41) is 9.54. The van der Waals surface area contributed by atoms with Gasteiger partial charge in [-0.25, -0.2) is 24.9 Å².